The average Bonchev–Trinajstić information content (AvgIpc) is 2.04. The van der Waals surface area contributed by atoms with Gasteiger partial charge in [0.25, 0.3) is 0 Å². The molecular formula is C9H8INO. The van der Waals surface area contributed by atoms with Gasteiger partial charge in [-0.3, -0.25) is 0 Å². The molecule has 0 bridgehead atoms. The standard InChI is InChI=1S/C9H8INO/c1-12-9-5-7(2-3-11)4-8(10)6-9/h4-6H,2H2,1H3. The zero-order valence-corrected chi connectivity index (χ0v) is 8.83. The van der Waals surface area contributed by atoms with Gasteiger partial charge in [0.05, 0.1) is 19.6 Å². The summed E-state index contributed by atoms with van der Waals surface area (Å²) in [4.78, 5) is 0. The van der Waals surface area contributed by atoms with Crippen LogP contribution in [0.2, 0.25) is 0 Å². The summed E-state index contributed by atoms with van der Waals surface area (Å²) in [6.45, 7) is 0. The summed E-state index contributed by atoms with van der Waals surface area (Å²) in [6.07, 6.45) is 0.438. The Kier molecular flexibility index (Phi) is 3.35. The molecule has 12 heavy (non-hydrogen) atoms. The highest BCUT2D eigenvalue weighted by Gasteiger charge is 1.98. The number of hydrogen-bond donors (Lipinski definition) is 0. The third-order valence-corrected chi connectivity index (χ3v) is 2.07. The van der Waals surface area contributed by atoms with Gasteiger partial charge in [-0.1, -0.05) is 0 Å². The number of hydrogen-bond acceptors (Lipinski definition) is 2. The zero-order valence-electron chi connectivity index (χ0n) is 6.67. The van der Waals surface area contributed by atoms with E-state index in [1.165, 1.54) is 0 Å². The SMILES string of the molecule is COc1cc(I)cc(CC#N)c1. The molecular weight excluding hydrogens is 265 g/mol. The van der Waals surface area contributed by atoms with Crippen molar-refractivity contribution in [2.45, 2.75) is 6.42 Å². The minimum Gasteiger partial charge on any atom is -0.497 e. The lowest BCUT2D eigenvalue weighted by molar-refractivity contribution is 0.414. The third kappa shape index (κ3) is 2.38. The molecule has 0 fully saturated rings. The van der Waals surface area contributed by atoms with Crippen LogP contribution in [0.25, 0.3) is 0 Å². The Morgan fingerprint density at radius 3 is 2.83 bits per heavy atom. The van der Waals surface area contributed by atoms with Crippen LogP contribution in [-0.2, 0) is 6.42 Å². The van der Waals surface area contributed by atoms with Gasteiger partial charge in [0, 0.05) is 3.57 Å². The first-order chi connectivity index (χ1) is 5.76. The van der Waals surface area contributed by atoms with Crippen LogP contribution in [0.4, 0.5) is 0 Å². The van der Waals surface area contributed by atoms with E-state index in [-0.39, 0.29) is 0 Å². The van der Waals surface area contributed by atoms with Crippen molar-refractivity contribution in [3.05, 3.63) is 27.3 Å². The number of nitriles is 1. The quantitative estimate of drug-likeness (QED) is 0.775. The number of nitrogens with zero attached hydrogens (tertiary/aromatic N) is 1. The van der Waals surface area contributed by atoms with Crippen molar-refractivity contribution in [1.82, 2.24) is 0 Å². The first-order valence-corrected chi connectivity index (χ1v) is 4.54. The third-order valence-electron chi connectivity index (χ3n) is 1.45. The van der Waals surface area contributed by atoms with Crippen molar-refractivity contribution < 1.29 is 4.74 Å². The Balaban J connectivity index is 2.99. The summed E-state index contributed by atoms with van der Waals surface area (Å²) in [5.74, 6) is 0.812. The molecule has 1 aromatic rings. The number of ether oxygens (including phenoxy) is 1. The van der Waals surface area contributed by atoms with Crippen molar-refractivity contribution in [2.24, 2.45) is 0 Å². The summed E-state index contributed by atoms with van der Waals surface area (Å²) in [5, 5.41) is 8.48. The summed E-state index contributed by atoms with van der Waals surface area (Å²) >= 11 is 2.20. The van der Waals surface area contributed by atoms with E-state index in [1.807, 2.05) is 18.2 Å². The van der Waals surface area contributed by atoms with E-state index in [1.54, 1.807) is 7.11 Å². The minimum atomic E-state index is 0.438. The fourth-order valence-electron chi connectivity index (χ4n) is 0.932. The Labute approximate surface area is 85.3 Å². The first kappa shape index (κ1) is 9.33. The highest BCUT2D eigenvalue weighted by Crippen LogP contribution is 2.18. The van der Waals surface area contributed by atoms with Gasteiger partial charge in [-0.25, -0.2) is 0 Å². The van der Waals surface area contributed by atoms with Gasteiger partial charge in [0.15, 0.2) is 0 Å². The van der Waals surface area contributed by atoms with Crippen molar-refractivity contribution >= 4 is 22.6 Å². The molecule has 0 spiro atoms. The van der Waals surface area contributed by atoms with Gasteiger partial charge in [0.1, 0.15) is 5.75 Å². The normalized spacial score (nSPS) is 9.08. The maximum absolute atomic E-state index is 8.48. The van der Waals surface area contributed by atoms with Crippen molar-refractivity contribution in [2.75, 3.05) is 7.11 Å². The van der Waals surface area contributed by atoms with Crippen LogP contribution in [0.1, 0.15) is 5.56 Å². The lowest BCUT2D eigenvalue weighted by Gasteiger charge is -2.02. The van der Waals surface area contributed by atoms with Crippen molar-refractivity contribution in [1.29, 1.82) is 5.26 Å². The molecule has 1 rings (SSSR count). The lowest BCUT2D eigenvalue weighted by Crippen LogP contribution is -1.88. The molecule has 0 amide bonds. The smallest absolute Gasteiger partial charge is 0.120 e. The van der Waals surface area contributed by atoms with Crippen LogP contribution >= 0.6 is 22.6 Å². The molecule has 62 valence electrons. The molecule has 0 radical (unpaired) electrons. The molecule has 0 N–H and O–H groups in total. The molecule has 0 heterocycles. The van der Waals surface area contributed by atoms with Crippen LogP contribution in [0, 0.1) is 14.9 Å². The molecule has 3 heteroatoms. The number of methoxy groups -OCH3 is 1. The summed E-state index contributed by atoms with van der Waals surface area (Å²) in [7, 11) is 1.63. The largest absolute Gasteiger partial charge is 0.497 e. The van der Waals surface area contributed by atoms with Gasteiger partial charge in [-0.2, -0.15) is 5.26 Å². The number of halogens is 1. The fraction of sp³-hybridized carbons (Fsp3) is 0.222. The summed E-state index contributed by atoms with van der Waals surface area (Å²) < 4.78 is 6.16. The van der Waals surface area contributed by atoms with Crippen LogP contribution in [0.5, 0.6) is 5.75 Å². The van der Waals surface area contributed by atoms with Crippen LogP contribution in [-0.4, -0.2) is 7.11 Å². The fourth-order valence-corrected chi connectivity index (χ4v) is 1.64. The highest BCUT2D eigenvalue weighted by molar-refractivity contribution is 14.1. The van der Waals surface area contributed by atoms with E-state index in [9.17, 15) is 0 Å². The molecule has 0 aliphatic rings. The monoisotopic (exact) mass is 273 g/mol. The Morgan fingerprint density at radius 1 is 1.50 bits per heavy atom. The molecule has 0 saturated heterocycles. The second-order valence-electron chi connectivity index (χ2n) is 2.33. The van der Waals surface area contributed by atoms with Crippen molar-refractivity contribution in [3.63, 3.8) is 0 Å². The number of benzene rings is 1. The van der Waals surface area contributed by atoms with Crippen LogP contribution in [0.3, 0.4) is 0 Å². The molecule has 0 aliphatic carbocycles. The summed E-state index contributed by atoms with van der Waals surface area (Å²) in [5.41, 5.74) is 1.00. The minimum absolute atomic E-state index is 0.438. The molecule has 0 aliphatic heterocycles. The molecule has 1 aromatic carbocycles. The molecule has 0 saturated carbocycles. The van der Waals surface area contributed by atoms with Gasteiger partial charge in [0.2, 0.25) is 0 Å². The predicted molar refractivity (Wildman–Crippen MR) is 55.0 cm³/mol. The van der Waals surface area contributed by atoms with E-state index in [0.29, 0.717) is 6.42 Å². The van der Waals surface area contributed by atoms with Crippen molar-refractivity contribution in [3.8, 4) is 11.8 Å². The van der Waals surface area contributed by atoms with E-state index < -0.39 is 0 Å². The molecule has 0 aromatic heterocycles. The van der Waals surface area contributed by atoms with E-state index in [0.717, 1.165) is 14.9 Å². The molecule has 0 atom stereocenters. The lowest BCUT2D eigenvalue weighted by atomic mass is 10.2. The first-order valence-electron chi connectivity index (χ1n) is 3.46. The highest BCUT2D eigenvalue weighted by atomic mass is 127. The Hall–Kier alpha value is -0.760. The van der Waals surface area contributed by atoms with Gasteiger partial charge in [-0.15, -0.1) is 0 Å². The maximum atomic E-state index is 8.48. The zero-order chi connectivity index (χ0) is 8.97. The Morgan fingerprint density at radius 2 is 2.25 bits per heavy atom. The van der Waals surface area contributed by atoms with Gasteiger partial charge >= 0.3 is 0 Å². The number of rotatable bonds is 2. The van der Waals surface area contributed by atoms with Gasteiger partial charge in [-0.05, 0) is 46.4 Å². The predicted octanol–water partition coefficient (Wildman–Crippen LogP) is 2.37. The van der Waals surface area contributed by atoms with Crippen LogP contribution < -0.4 is 4.74 Å². The molecule has 2 nitrogen and oxygen atoms in total. The molecule has 0 unspecified atom stereocenters. The van der Waals surface area contributed by atoms with E-state index >= 15 is 0 Å². The van der Waals surface area contributed by atoms with Crippen LogP contribution in [0.15, 0.2) is 18.2 Å². The van der Waals surface area contributed by atoms with Gasteiger partial charge < -0.3 is 4.74 Å². The van der Waals surface area contributed by atoms with E-state index in [2.05, 4.69) is 28.7 Å². The summed E-state index contributed by atoms with van der Waals surface area (Å²) in [6, 6.07) is 7.89. The second kappa shape index (κ2) is 4.31. The topological polar surface area (TPSA) is 33.0 Å². The second-order valence-corrected chi connectivity index (χ2v) is 3.58. The Bertz CT molecular complexity index is 317. The maximum Gasteiger partial charge on any atom is 0.120 e. The average molecular weight is 273 g/mol. The van der Waals surface area contributed by atoms with E-state index in [4.69, 9.17) is 10.00 Å².